The van der Waals surface area contributed by atoms with Crippen molar-refractivity contribution >= 4 is 22.6 Å². The topological polar surface area (TPSA) is 83.8 Å². The first-order chi connectivity index (χ1) is 16.5. The fourth-order valence-electron chi connectivity index (χ4n) is 5.88. The summed E-state index contributed by atoms with van der Waals surface area (Å²) in [6, 6.07) is 1.20. The molecule has 8 heteroatoms. The number of benzene rings is 1. The van der Waals surface area contributed by atoms with E-state index in [0.29, 0.717) is 29.6 Å². The average Bonchev–Trinajstić information content (AvgIpc) is 3.56. The summed E-state index contributed by atoms with van der Waals surface area (Å²) in [7, 11) is 0. The van der Waals surface area contributed by atoms with Gasteiger partial charge >= 0.3 is 5.97 Å². The van der Waals surface area contributed by atoms with Gasteiger partial charge in [0.1, 0.15) is 11.3 Å². The molecule has 3 aliphatic rings. The van der Waals surface area contributed by atoms with E-state index in [2.05, 4.69) is 33.0 Å². The number of pyridine rings is 1. The third kappa shape index (κ3) is 3.49. The first-order valence-corrected chi connectivity index (χ1v) is 12.3. The molecular formula is C26H34FN3O4. The molecule has 3 heterocycles. The van der Waals surface area contributed by atoms with Crippen LogP contribution in [0.3, 0.4) is 0 Å². The van der Waals surface area contributed by atoms with Gasteiger partial charge in [-0.05, 0) is 64.9 Å². The number of hydrogen-bond donors (Lipinski definition) is 2. The quantitative estimate of drug-likeness (QED) is 0.680. The summed E-state index contributed by atoms with van der Waals surface area (Å²) in [6.45, 7) is 11.4. The summed E-state index contributed by atoms with van der Waals surface area (Å²) < 4.78 is 32.1. The molecule has 2 aliphatic heterocycles. The zero-order valence-corrected chi connectivity index (χ0v) is 20.4. The van der Waals surface area contributed by atoms with E-state index in [1.54, 1.807) is 11.5 Å². The van der Waals surface area contributed by atoms with Crippen LogP contribution in [0.1, 0.15) is 71.7 Å². The van der Waals surface area contributed by atoms with Crippen molar-refractivity contribution in [2.75, 3.05) is 18.1 Å². The molecule has 2 saturated heterocycles. The van der Waals surface area contributed by atoms with Crippen LogP contribution in [0.2, 0.25) is 0 Å². The van der Waals surface area contributed by atoms with Crippen molar-refractivity contribution in [1.29, 1.82) is 0 Å². The van der Waals surface area contributed by atoms with Crippen LogP contribution in [0.15, 0.2) is 17.0 Å². The highest BCUT2D eigenvalue weighted by Crippen LogP contribution is 2.47. The lowest BCUT2D eigenvalue weighted by Gasteiger charge is -2.45. The van der Waals surface area contributed by atoms with Gasteiger partial charge in [0.05, 0.1) is 18.9 Å². The molecule has 184 valence electrons. The van der Waals surface area contributed by atoms with E-state index < -0.39 is 22.8 Å². The monoisotopic (exact) mass is 472 g/mol. The number of carboxylic acid groups (broad SMARTS) is 1. The standard InChI is InChI=1S/C26H34FN3O4/c1-6-34-24-21-17(23(31)18(25(32)33)12-30(21)16-7-8-16)10-19(27)22(24)29-11-15-9-13(2)26(4,5)28-20(15)14(29)3/h10,12-16,20,28H,6-9,11H2,1-5H3,(H,32,33)/t13?,14-,15+,20-/m1/s1/i12D. The lowest BCUT2D eigenvalue weighted by atomic mass is 9.74. The average molecular weight is 473 g/mol. The number of anilines is 1. The fourth-order valence-corrected chi connectivity index (χ4v) is 5.88. The van der Waals surface area contributed by atoms with Gasteiger partial charge in [-0.3, -0.25) is 4.79 Å². The van der Waals surface area contributed by atoms with E-state index in [4.69, 9.17) is 6.11 Å². The molecule has 1 aliphatic carbocycles. The molecule has 2 aromatic rings. The normalized spacial score (nSPS) is 28.6. The Hall–Kier alpha value is -2.61. The number of carbonyl (C=O) groups is 1. The zero-order valence-electron chi connectivity index (χ0n) is 21.4. The molecular weight excluding hydrogens is 437 g/mol. The number of nitrogens with zero attached hydrogens (tertiary/aromatic N) is 2. The molecule has 0 bridgehead atoms. The molecule has 1 aromatic carbocycles. The second-order valence-electron chi connectivity index (χ2n) is 10.8. The van der Waals surface area contributed by atoms with E-state index >= 15 is 4.39 Å². The minimum atomic E-state index is -1.47. The molecule has 1 saturated carbocycles. The van der Waals surface area contributed by atoms with Crippen molar-refractivity contribution in [2.45, 2.75) is 77.5 Å². The number of piperidine rings is 1. The van der Waals surface area contributed by atoms with Gasteiger partial charge in [-0.25, -0.2) is 9.18 Å². The summed E-state index contributed by atoms with van der Waals surface area (Å²) in [5.74, 6) is -1.05. The van der Waals surface area contributed by atoms with Crippen LogP contribution in [-0.4, -0.2) is 46.4 Å². The molecule has 3 fully saturated rings. The van der Waals surface area contributed by atoms with Gasteiger partial charge in [0.15, 0.2) is 11.6 Å². The predicted octanol–water partition coefficient (Wildman–Crippen LogP) is 4.17. The molecule has 0 radical (unpaired) electrons. The van der Waals surface area contributed by atoms with E-state index in [1.807, 2.05) is 4.90 Å². The van der Waals surface area contributed by atoms with Crippen molar-refractivity contribution < 1.29 is 20.4 Å². The van der Waals surface area contributed by atoms with Gasteiger partial charge in [-0.15, -0.1) is 0 Å². The zero-order chi connectivity index (χ0) is 25.4. The number of ether oxygens (including phenoxy) is 1. The van der Waals surface area contributed by atoms with Crippen LogP contribution in [-0.2, 0) is 0 Å². The van der Waals surface area contributed by atoms with Gasteiger partial charge in [0.25, 0.3) is 0 Å². The molecule has 4 atom stereocenters. The number of hydrogen-bond acceptors (Lipinski definition) is 5. The summed E-state index contributed by atoms with van der Waals surface area (Å²) in [6.07, 6.45) is 2.21. The van der Waals surface area contributed by atoms with Gasteiger partial charge < -0.3 is 24.6 Å². The maximum absolute atomic E-state index is 15.9. The van der Waals surface area contributed by atoms with Crippen molar-refractivity contribution in [3.05, 3.63) is 33.8 Å². The number of aromatic nitrogens is 1. The minimum absolute atomic E-state index is 0.0206. The SMILES string of the molecule is [2H]c1c(C(=O)O)c(=O)c2cc(F)c(N3C[C@@H]4CC(C)C(C)(C)N[C@@H]4[C@H]3C)c(OCC)c2n1C1CC1. The van der Waals surface area contributed by atoms with Gasteiger partial charge in [0, 0.05) is 36.4 Å². The summed E-state index contributed by atoms with van der Waals surface area (Å²) in [4.78, 5) is 27.0. The number of halogens is 1. The van der Waals surface area contributed by atoms with E-state index in [0.717, 1.165) is 25.3 Å². The summed E-state index contributed by atoms with van der Waals surface area (Å²) in [5, 5.41) is 13.4. The lowest BCUT2D eigenvalue weighted by molar-refractivity contribution is 0.0694. The van der Waals surface area contributed by atoms with Crippen LogP contribution in [0.25, 0.3) is 10.9 Å². The van der Waals surface area contributed by atoms with E-state index in [1.165, 1.54) is 0 Å². The molecule has 1 unspecified atom stereocenters. The highest BCUT2D eigenvalue weighted by molar-refractivity contribution is 5.97. The molecule has 1 aromatic heterocycles. The molecule has 0 amide bonds. The molecule has 2 N–H and O–H groups in total. The first-order valence-electron chi connectivity index (χ1n) is 12.8. The maximum atomic E-state index is 15.9. The van der Waals surface area contributed by atoms with E-state index in [9.17, 15) is 14.7 Å². The molecule has 34 heavy (non-hydrogen) atoms. The Morgan fingerprint density at radius 3 is 2.71 bits per heavy atom. The van der Waals surface area contributed by atoms with Crippen molar-refractivity contribution in [2.24, 2.45) is 11.8 Å². The summed E-state index contributed by atoms with van der Waals surface area (Å²) in [5.41, 5.74) is -0.879. The number of aromatic carboxylic acids is 1. The Kier molecular flexibility index (Phi) is 5.13. The van der Waals surface area contributed by atoms with Crippen molar-refractivity contribution in [3.63, 3.8) is 0 Å². The maximum Gasteiger partial charge on any atom is 0.341 e. The van der Waals surface area contributed by atoms with Crippen LogP contribution in [0, 0.1) is 17.7 Å². The smallest absolute Gasteiger partial charge is 0.341 e. The highest BCUT2D eigenvalue weighted by atomic mass is 19.1. The predicted molar refractivity (Wildman–Crippen MR) is 130 cm³/mol. The number of rotatable bonds is 5. The number of carboxylic acids is 1. The van der Waals surface area contributed by atoms with Gasteiger partial charge in [0.2, 0.25) is 5.43 Å². The Labute approximate surface area is 200 Å². The second kappa shape index (κ2) is 7.97. The third-order valence-corrected chi connectivity index (χ3v) is 8.21. The Balaban J connectivity index is 1.75. The van der Waals surface area contributed by atoms with Crippen LogP contribution in [0.4, 0.5) is 10.1 Å². The minimum Gasteiger partial charge on any atom is -0.489 e. The molecule has 7 nitrogen and oxygen atoms in total. The van der Waals surface area contributed by atoms with Gasteiger partial charge in [-0.1, -0.05) is 6.92 Å². The number of fused-ring (bicyclic) bond motifs is 2. The van der Waals surface area contributed by atoms with Crippen molar-refractivity contribution in [1.82, 2.24) is 9.88 Å². The summed E-state index contributed by atoms with van der Waals surface area (Å²) >= 11 is 0. The number of nitrogens with one attached hydrogen (secondary N) is 1. The Morgan fingerprint density at radius 2 is 2.09 bits per heavy atom. The van der Waals surface area contributed by atoms with Crippen LogP contribution in [0.5, 0.6) is 5.75 Å². The van der Waals surface area contributed by atoms with Crippen LogP contribution >= 0.6 is 0 Å². The Bertz CT molecular complexity index is 1270. The fraction of sp³-hybridized carbons (Fsp3) is 0.615. The van der Waals surface area contributed by atoms with E-state index in [-0.39, 0.29) is 47.6 Å². The second-order valence-corrected chi connectivity index (χ2v) is 10.8. The largest absolute Gasteiger partial charge is 0.489 e. The lowest BCUT2D eigenvalue weighted by Crippen LogP contribution is -2.59. The first kappa shape index (κ1) is 21.9. The molecule has 5 rings (SSSR count). The highest BCUT2D eigenvalue weighted by Gasteiger charge is 2.48. The molecule has 0 spiro atoms. The van der Waals surface area contributed by atoms with Crippen LogP contribution < -0.4 is 20.4 Å². The Morgan fingerprint density at radius 1 is 1.38 bits per heavy atom. The van der Waals surface area contributed by atoms with Gasteiger partial charge in [-0.2, -0.15) is 0 Å². The third-order valence-electron chi connectivity index (χ3n) is 8.21. The van der Waals surface area contributed by atoms with Crippen molar-refractivity contribution in [3.8, 4) is 5.75 Å².